The Kier molecular flexibility index (Phi) is 4.93. The molecular formula is C15H22N2O2. The number of nitrogens with one attached hydrogen (secondary N) is 1. The lowest BCUT2D eigenvalue weighted by Gasteiger charge is -2.29. The molecule has 1 aromatic carbocycles. The highest BCUT2D eigenvalue weighted by atomic mass is 16.5. The third-order valence-electron chi connectivity index (χ3n) is 3.53. The van der Waals surface area contributed by atoms with Gasteiger partial charge in [-0.15, -0.1) is 0 Å². The Labute approximate surface area is 114 Å². The molecule has 0 saturated heterocycles. The van der Waals surface area contributed by atoms with E-state index in [9.17, 15) is 4.79 Å². The number of ether oxygens (including phenoxy) is 1. The maximum absolute atomic E-state index is 12.3. The molecule has 0 saturated carbocycles. The van der Waals surface area contributed by atoms with Gasteiger partial charge in [0.2, 0.25) is 5.91 Å². The van der Waals surface area contributed by atoms with Crippen LogP contribution in [0.2, 0.25) is 0 Å². The van der Waals surface area contributed by atoms with E-state index in [0.717, 1.165) is 13.0 Å². The van der Waals surface area contributed by atoms with E-state index < -0.39 is 0 Å². The van der Waals surface area contributed by atoms with Crippen molar-refractivity contribution in [2.24, 2.45) is 0 Å². The molecule has 1 heterocycles. The summed E-state index contributed by atoms with van der Waals surface area (Å²) in [7, 11) is 1.84. The fourth-order valence-electron chi connectivity index (χ4n) is 2.35. The summed E-state index contributed by atoms with van der Waals surface area (Å²) < 4.78 is 5.28. The van der Waals surface area contributed by atoms with Crippen molar-refractivity contribution in [3.63, 3.8) is 0 Å². The predicted octanol–water partition coefficient (Wildman–Crippen LogP) is 1.20. The SMILES string of the molecule is CCOCCN(C)C(=O)[C@@H]1Cc2ccccc2CN1. The molecule has 0 radical (unpaired) electrons. The van der Waals surface area contributed by atoms with Crippen LogP contribution in [0.5, 0.6) is 0 Å². The Hall–Kier alpha value is -1.39. The zero-order valence-corrected chi connectivity index (χ0v) is 11.7. The number of benzene rings is 1. The zero-order valence-electron chi connectivity index (χ0n) is 11.7. The summed E-state index contributed by atoms with van der Waals surface area (Å²) in [6, 6.07) is 8.18. The highest BCUT2D eigenvalue weighted by Crippen LogP contribution is 2.17. The molecule has 0 aliphatic carbocycles. The van der Waals surface area contributed by atoms with Gasteiger partial charge in [0.15, 0.2) is 0 Å². The van der Waals surface area contributed by atoms with E-state index in [2.05, 4.69) is 17.4 Å². The molecule has 0 spiro atoms. The van der Waals surface area contributed by atoms with Crippen LogP contribution < -0.4 is 5.32 Å². The fourth-order valence-corrected chi connectivity index (χ4v) is 2.35. The van der Waals surface area contributed by atoms with Crippen molar-refractivity contribution >= 4 is 5.91 Å². The van der Waals surface area contributed by atoms with E-state index in [-0.39, 0.29) is 11.9 Å². The number of hydrogen-bond donors (Lipinski definition) is 1. The van der Waals surface area contributed by atoms with Gasteiger partial charge >= 0.3 is 0 Å². The Morgan fingerprint density at radius 2 is 2.16 bits per heavy atom. The monoisotopic (exact) mass is 262 g/mol. The molecule has 104 valence electrons. The smallest absolute Gasteiger partial charge is 0.239 e. The van der Waals surface area contributed by atoms with Gasteiger partial charge in [-0.1, -0.05) is 24.3 Å². The molecule has 2 rings (SSSR count). The zero-order chi connectivity index (χ0) is 13.7. The number of carbonyl (C=O) groups excluding carboxylic acids is 1. The first kappa shape index (κ1) is 14.0. The highest BCUT2D eigenvalue weighted by Gasteiger charge is 2.25. The van der Waals surface area contributed by atoms with Crippen LogP contribution in [0.25, 0.3) is 0 Å². The van der Waals surface area contributed by atoms with Crippen LogP contribution >= 0.6 is 0 Å². The molecule has 0 unspecified atom stereocenters. The average Bonchev–Trinajstić information content (AvgIpc) is 2.46. The minimum atomic E-state index is -0.110. The molecule has 19 heavy (non-hydrogen) atoms. The molecule has 4 nitrogen and oxygen atoms in total. The van der Waals surface area contributed by atoms with E-state index in [1.165, 1.54) is 11.1 Å². The van der Waals surface area contributed by atoms with E-state index in [0.29, 0.717) is 19.8 Å². The van der Waals surface area contributed by atoms with Crippen molar-refractivity contribution in [2.45, 2.75) is 25.9 Å². The number of likely N-dealkylation sites (N-methyl/N-ethyl adjacent to an activating group) is 1. The molecule has 1 N–H and O–H groups in total. The number of hydrogen-bond acceptors (Lipinski definition) is 3. The van der Waals surface area contributed by atoms with Crippen molar-refractivity contribution in [1.29, 1.82) is 0 Å². The maximum Gasteiger partial charge on any atom is 0.239 e. The summed E-state index contributed by atoms with van der Waals surface area (Å²) in [5.41, 5.74) is 2.57. The van der Waals surface area contributed by atoms with Crippen LogP contribution in [0, 0.1) is 0 Å². The molecular weight excluding hydrogens is 240 g/mol. The van der Waals surface area contributed by atoms with Gasteiger partial charge in [-0.05, 0) is 24.5 Å². The second-order valence-electron chi connectivity index (χ2n) is 4.86. The molecule has 1 aliphatic heterocycles. The van der Waals surface area contributed by atoms with Crippen molar-refractivity contribution in [3.8, 4) is 0 Å². The lowest BCUT2D eigenvalue weighted by Crippen LogP contribution is -2.48. The summed E-state index contributed by atoms with van der Waals surface area (Å²) in [5, 5.41) is 3.31. The Morgan fingerprint density at radius 1 is 1.42 bits per heavy atom. The predicted molar refractivity (Wildman–Crippen MR) is 74.9 cm³/mol. The van der Waals surface area contributed by atoms with Gasteiger partial charge in [-0.25, -0.2) is 0 Å². The number of fused-ring (bicyclic) bond motifs is 1. The summed E-state index contributed by atoms with van der Waals surface area (Å²) >= 11 is 0. The van der Waals surface area contributed by atoms with Gasteiger partial charge in [-0.2, -0.15) is 0 Å². The molecule has 1 amide bonds. The summed E-state index contributed by atoms with van der Waals surface area (Å²) in [4.78, 5) is 14.1. The largest absolute Gasteiger partial charge is 0.380 e. The Bertz CT molecular complexity index is 434. The van der Waals surface area contributed by atoms with Crippen LogP contribution in [-0.2, 0) is 22.5 Å². The topological polar surface area (TPSA) is 41.6 Å². The second-order valence-corrected chi connectivity index (χ2v) is 4.86. The number of nitrogens with zero attached hydrogens (tertiary/aromatic N) is 1. The van der Waals surface area contributed by atoms with Gasteiger partial charge in [0, 0.05) is 26.7 Å². The normalized spacial score (nSPS) is 17.9. The van der Waals surface area contributed by atoms with E-state index in [1.807, 2.05) is 26.1 Å². The van der Waals surface area contributed by atoms with Crippen LogP contribution in [0.3, 0.4) is 0 Å². The quantitative estimate of drug-likeness (QED) is 0.811. The molecule has 0 bridgehead atoms. The summed E-state index contributed by atoms with van der Waals surface area (Å²) in [5.74, 6) is 0.147. The van der Waals surface area contributed by atoms with Gasteiger partial charge in [-0.3, -0.25) is 4.79 Å². The number of carbonyl (C=O) groups is 1. The van der Waals surface area contributed by atoms with Crippen LogP contribution in [0.4, 0.5) is 0 Å². The molecule has 4 heteroatoms. The van der Waals surface area contributed by atoms with E-state index in [1.54, 1.807) is 4.90 Å². The van der Waals surface area contributed by atoms with Crippen molar-refractivity contribution in [3.05, 3.63) is 35.4 Å². The summed E-state index contributed by atoms with van der Waals surface area (Å²) in [6.07, 6.45) is 0.772. The third-order valence-corrected chi connectivity index (χ3v) is 3.53. The highest BCUT2D eigenvalue weighted by molar-refractivity contribution is 5.82. The van der Waals surface area contributed by atoms with Gasteiger partial charge in [0.25, 0.3) is 0 Å². The van der Waals surface area contributed by atoms with Crippen molar-refractivity contribution in [1.82, 2.24) is 10.2 Å². The Morgan fingerprint density at radius 3 is 2.89 bits per heavy atom. The second kappa shape index (κ2) is 6.68. The van der Waals surface area contributed by atoms with Crippen molar-refractivity contribution < 1.29 is 9.53 Å². The number of amides is 1. The minimum absolute atomic E-state index is 0.110. The van der Waals surface area contributed by atoms with Crippen molar-refractivity contribution in [2.75, 3.05) is 26.8 Å². The Balaban J connectivity index is 1.91. The molecule has 1 atom stereocenters. The van der Waals surface area contributed by atoms with Gasteiger partial charge in [0.1, 0.15) is 0 Å². The lowest BCUT2D eigenvalue weighted by atomic mass is 9.95. The molecule has 0 fully saturated rings. The third kappa shape index (κ3) is 3.55. The van der Waals surface area contributed by atoms with Gasteiger partial charge < -0.3 is 15.0 Å². The molecule has 1 aromatic rings. The first-order valence-corrected chi connectivity index (χ1v) is 6.85. The minimum Gasteiger partial charge on any atom is -0.380 e. The first-order chi connectivity index (χ1) is 9.22. The standard InChI is InChI=1S/C15H22N2O2/c1-3-19-9-8-17(2)15(18)14-10-12-6-4-5-7-13(12)11-16-14/h4-7,14,16H,3,8-11H2,1-2H3/t14-/m0/s1. The molecule has 1 aliphatic rings. The average molecular weight is 262 g/mol. The first-order valence-electron chi connectivity index (χ1n) is 6.85. The number of rotatable bonds is 5. The van der Waals surface area contributed by atoms with Crippen LogP contribution in [0.1, 0.15) is 18.1 Å². The molecule has 0 aromatic heterocycles. The van der Waals surface area contributed by atoms with E-state index >= 15 is 0 Å². The fraction of sp³-hybridized carbons (Fsp3) is 0.533. The summed E-state index contributed by atoms with van der Waals surface area (Å²) in [6.45, 7) is 4.67. The lowest BCUT2D eigenvalue weighted by molar-refractivity contribution is -0.133. The maximum atomic E-state index is 12.3. The van der Waals surface area contributed by atoms with Gasteiger partial charge in [0.05, 0.1) is 12.6 Å². The van der Waals surface area contributed by atoms with Crippen LogP contribution in [0.15, 0.2) is 24.3 Å². The van der Waals surface area contributed by atoms with Crippen LogP contribution in [-0.4, -0.2) is 43.7 Å². The van der Waals surface area contributed by atoms with E-state index in [4.69, 9.17) is 4.74 Å².